The zero-order valence-electron chi connectivity index (χ0n) is 6.79. The van der Waals surface area contributed by atoms with Gasteiger partial charge < -0.3 is 0 Å². The quantitative estimate of drug-likeness (QED) is 0.756. The second-order valence-electron chi connectivity index (χ2n) is 3.38. The Bertz CT molecular complexity index is 163. The molecule has 0 aromatic carbocycles. The summed E-state index contributed by atoms with van der Waals surface area (Å²) in [5, 5.41) is 3.08. The summed E-state index contributed by atoms with van der Waals surface area (Å²) in [6.07, 6.45) is 3.00. The van der Waals surface area contributed by atoms with Gasteiger partial charge in [0.25, 0.3) is 0 Å². The molecule has 0 aromatic rings. The van der Waals surface area contributed by atoms with Crippen molar-refractivity contribution < 1.29 is 0 Å². The zero-order valence-corrected chi connectivity index (χ0v) is 10.1. The molecule has 11 heavy (non-hydrogen) atoms. The summed E-state index contributed by atoms with van der Waals surface area (Å²) >= 11 is -1.08. The number of nitroso groups, excluding NO2 is 1. The molecule has 0 amide bonds. The fourth-order valence-electron chi connectivity index (χ4n) is 1.66. The van der Waals surface area contributed by atoms with E-state index in [1.165, 1.54) is 0 Å². The van der Waals surface area contributed by atoms with Crippen LogP contribution >= 0.6 is 0 Å². The summed E-state index contributed by atoms with van der Waals surface area (Å²) < 4.78 is 8.04. The van der Waals surface area contributed by atoms with Crippen molar-refractivity contribution in [3.8, 4) is 0 Å². The van der Waals surface area contributed by atoms with E-state index in [-0.39, 0.29) is 6.04 Å². The molecule has 0 spiro atoms. The molecule has 3 nitrogen and oxygen atoms in total. The van der Waals surface area contributed by atoms with Gasteiger partial charge in [0, 0.05) is 0 Å². The van der Waals surface area contributed by atoms with Crippen LogP contribution in [0.2, 0.25) is 3.67 Å². The first-order valence-electron chi connectivity index (χ1n) is 4.11. The van der Waals surface area contributed by atoms with Gasteiger partial charge >= 0.3 is 78.0 Å². The number of rotatable bonds is 2. The van der Waals surface area contributed by atoms with Gasteiger partial charge in [0.1, 0.15) is 0 Å². The van der Waals surface area contributed by atoms with Crippen LogP contribution in [0.5, 0.6) is 0 Å². The van der Waals surface area contributed by atoms with E-state index in [1.807, 2.05) is 0 Å². The Labute approximate surface area is 78.0 Å². The third-order valence-corrected chi connectivity index (χ3v) is 6.47. The van der Waals surface area contributed by atoms with E-state index in [1.54, 1.807) is 0 Å². The van der Waals surface area contributed by atoms with Crippen molar-refractivity contribution in [3.05, 3.63) is 4.91 Å². The molecular weight excluding hydrogens is 243 g/mol. The molecule has 1 aliphatic carbocycles. The second-order valence-corrected chi connectivity index (χ2v) is 6.78. The maximum atomic E-state index is 10.2. The van der Waals surface area contributed by atoms with E-state index < -0.39 is 22.7 Å². The Balaban J connectivity index is 2.50. The molecule has 3 atom stereocenters. The van der Waals surface area contributed by atoms with Crippen LogP contribution in [0.4, 0.5) is 0 Å². The van der Waals surface area contributed by atoms with Gasteiger partial charge in [-0.2, -0.15) is 0 Å². The van der Waals surface area contributed by atoms with E-state index in [9.17, 15) is 4.91 Å². The average Bonchev–Trinajstić information content (AvgIpc) is 2.05. The molecule has 1 N–H and O–H groups in total. The fourth-order valence-corrected chi connectivity index (χ4v) is 4.43. The van der Waals surface area contributed by atoms with Crippen LogP contribution in [0.15, 0.2) is 5.18 Å². The summed E-state index contributed by atoms with van der Waals surface area (Å²) in [6, 6.07) is 0.0489. The van der Waals surface area contributed by atoms with Crippen molar-refractivity contribution in [1.29, 1.82) is 3.33 Å². The van der Waals surface area contributed by atoms with Crippen LogP contribution in [0, 0.1) is 14.2 Å². The van der Waals surface area contributed by atoms with Gasteiger partial charge in [0.2, 0.25) is 0 Å². The second kappa shape index (κ2) is 4.33. The molecule has 2 unspecified atom stereocenters. The van der Waals surface area contributed by atoms with Crippen molar-refractivity contribution in [2.45, 2.75) is 35.9 Å². The minimum atomic E-state index is -1.08. The summed E-state index contributed by atoms with van der Waals surface area (Å²) in [5.74, 6) is 0.701. The Morgan fingerprint density at radius 1 is 1.55 bits per heavy atom. The molecule has 1 saturated carbocycles. The molecule has 0 bridgehead atoms. The first kappa shape index (κ1) is 9.36. The molecule has 1 fully saturated rings. The minimum absolute atomic E-state index is 0.0489. The van der Waals surface area contributed by atoms with Gasteiger partial charge in [-0.15, -0.1) is 0 Å². The van der Waals surface area contributed by atoms with Crippen molar-refractivity contribution in [3.63, 3.8) is 0 Å². The molecule has 1 aliphatic rings. The van der Waals surface area contributed by atoms with Crippen molar-refractivity contribution in [2.75, 3.05) is 0 Å². The molecule has 0 aliphatic heterocycles. The van der Waals surface area contributed by atoms with Crippen molar-refractivity contribution in [2.24, 2.45) is 11.1 Å². The molecule has 0 radical (unpaired) electrons. The normalized spacial score (nSPS) is 37.7. The third-order valence-electron chi connectivity index (χ3n) is 2.59. The average molecular weight is 256 g/mol. The van der Waals surface area contributed by atoms with Gasteiger partial charge in [0.15, 0.2) is 0 Å². The van der Waals surface area contributed by atoms with Crippen molar-refractivity contribution in [1.82, 2.24) is 0 Å². The van der Waals surface area contributed by atoms with Crippen LogP contribution < -0.4 is 0 Å². The number of hydrogen-bond acceptors (Lipinski definition) is 3. The SMILES string of the molecule is C[C@@H]1CCC(N=O)C[CH]1[In]=[NH]. The molecule has 1 rings (SSSR count). The Hall–Kier alpha value is 0.270. The Morgan fingerprint density at radius 3 is 2.82 bits per heavy atom. The maximum absolute atomic E-state index is 10.2. The summed E-state index contributed by atoms with van der Waals surface area (Å²) in [4.78, 5) is 10.2. The predicted molar refractivity (Wildman–Crippen MR) is 44.8 cm³/mol. The van der Waals surface area contributed by atoms with Crippen LogP contribution in [0.1, 0.15) is 26.2 Å². The van der Waals surface area contributed by atoms with Crippen molar-refractivity contribution >= 4 is 22.7 Å². The topological polar surface area (TPSA) is 53.3 Å². The van der Waals surface area contributed by atoms with E-state index in [4.69, 9.17) is 3.33 Å². The van der Waals surface area contributed by atoms with Crippen LogP contribution in [0.25, 0.3) is 0 Å². The molecule has 4 heteroatoms. The summed E-state index contributed by atoms with van der Waals surface area (Å²) in [5.41, 5.74) is 0. The molecule has 0 saturated heterocycles. The van der Waals surface area contributed by atoms with E-state index in [0.717, 1.165) is 19.3 Å². The first-order valence-corrected chi connectivity index (χ1v) is 7.66. The van der Waals surface area contributed by atoms with E-state index in [2.05, 4.69) is 12.1 Å². The van der Waals surface area contributed by atoms with E-state index in [0.29, 0.717) is 9.59 Å². The molecule has 0 aromatic heterocycles. The molecule has 60 valence electrons. The molecule has 0 heterocycles. The number of hydrogen-bond donors (Lipinski definition) is 1. The third kappa shape index (κ3) is 2.36. The number of nitrogens with one attached hydrogen (secondary N) is 1. The first-order chi connectivity index (χ1) is 5.27. The number of nitrogens with zero attached hydrogens (tertiary/aromatic N) is 1. The Morgan fingerprint density at radius 2 is 2.27 bits per heavy atom. The molecular formula is C7H13InN2O. The van der Waals surface area contributed by atoms with Gasteiger partial charge in [-0.1, -0.05) is 0 Å². The fraction of sp³-hybridized carbons (Fsp3) is 1.00. The summed E-state index contributed by atoms with van der Waals surface area (Å²) in [7, 11) is 0. The van der Waals surface area contributed by atoms with Gasteiger partial charge in [0.05, 0.1) is 0 Å². The summed E-state index contributed by atoms with van der Waals surface area (Å²) in [6.45, 7) is 2.21. The monoisotopic (exact) mass is 256 g/mol. The van der Waals surface area contributed by atoms with Gasteiger partial charge in [-0.25, -0.2) is 0 Å². The van der Waals surface area contributed by atoms with Crippen LogP contribution in [-0.2, 0) is 0 Å². The van der Waals surface area contributed by atoms with Crippen LogP contribution in [-0.4, -0.2) is 28.8 Å². The predicted octanol–water partition coefficient (Wildman–Crippen LogP) is 2.20. The zero-order chi connectivity index (χ0) is 8.27. The van der Waals surface area contributed by atoms with Gasteiger partial charge in [-0.3, -0.25) is 0 Å². The van der Waals surface area contributed by atoms with Crippen LogP contribution in [0.3, 0.4) is 0 Å². The Kier molecular flexibility index (Phi) is 3.69. The van der Waals surface area contributed by atoms with Gasteiger partial charge in [-0.05, 0) is 0 Å². The van der Waals surface area contributed by atoms with E-state index >= 15 is 0 Å². The standard InChI is InChI=1S/C7H12NO.In.HN/c1-6-2-4-7(8-9)5-3-6;;/h2,6-7H,3-5H2,1H3;;1H/t6-,7?;;/m0../s1.